The zero-order valence-corrected chi connectivity index (χ0v) is 17.9. The van der Waals surface area contributed by atoms with Crippen LogP contribution in [0, 0.1) is 0 Å². The number of nitrogens with one attached hydrogen (secondary N) is 1. The summed E-state index contributed by atoms with van der Waals surface area (Å²) in [7, 11) is 3.08. The summed E-state index contributed by atoms with van der Waals surface area (Å²) in [6, 6.07) is 11.0. The molecule has 1 N–H and O–H groups in total. The number of benzene rings is 2. The largest absolute Gasteiger partial charge is 0.497 e. The van der Waals surface area contributed by atoms with Gasteiger partial charge in [0.05, 0.1) is 14.2 Å². The molecule has 0 aliphatic carbocycles. The zero-order chi connectivity index (χ0) is 21.6. The minimum atomic E-state index is -0.404. The molecule has 0 spiro atoms. The lowest BCUT2D eigenvalue weighted by molar-refractivity contribution is -0.111. The van der Waals surface area contributed by atoms with E-state index in [1.54, 1.807) is 18.2 Å². The van der Waals surface area contributed by atoms with E-state index in [9.17, 15) is 9.59 Å². The van der Waals surface area contributed by atoms with E-state index in [0.717, 1.165) is 5.56 Å². The summed E-state index contributed by atoms with van der Waals surface area (Å²) in [4.78, 5) is 25.0. The molecule has 0 saturated heterocycles. The maximum atomic E-state index is 12.7. The number of methoxy groups -OCH3 is 2. The third-order valence-corrected chi connectivity index (χ3v) is 4.63. The molecule has 0 radical (unpaired) electrons. The van der Waals surface area contributed by atoms with Gasteiger partial charge in [0.15, 0.2) is 5.78 Å². The molecular weight excluding hydrogens is 366 g/mol. The van der Waals surface area contributed by atoms with Crippen LogP contribution in [0.4, 0.5) is 5.69 Å². The van der Waals surface area contributed by atoms with Crippen LogP contribution in [0.2, 0.25) is 0 Å². The van der Waals surface area contributed by atoms with E-state index in [0.29, 0.717) is 28.7 Å². The molecule has 2 aromatic carbocycles. The van der Waals surface area contributed by atoms with Crippen molar-refractivity contribution in [1.82, 2.24) is 0 Å². The lowest BCUT2D eigenvalue weighted by atomic mass is 9.90. The summed E-state index contributed by atoms with van der Waals surface area (Å²) in [5.41, 5.74) is 3.33. The van der Waals surface area contributed by atoms with Gasteiger partial charge >= 0.3 is 0 Å². The van der Waals surface area contributed by atoms with E-state index in [1.807, 2.05) is 12.1 Å². The first-order valence-corrected chi connectivity index (χ1v) is 9.65. The van der Waals surface area contributed by atoms with Gasteiger partial charge in [-0.3, -0.25) is 9.59 Å². The van der Waals surface area contributed by atoms with Crippen molar-refractivity contribution in [2.45, 2.75) is 39.5 Å². The van der Waals surface area contributed by atoms with Crippen LogP contribution in [0.25, 0.3) is 0 Å². The van der Waals surface area contributed by atoms with Gasteiger partial charge in [-0.05, 0) is 29.0 Å². The first kappa shape index (κ1) is 22.2. The fourth-order valence-corrected chi connectivity index (χ4v) is 2.95. The summed E-state index contributed by atoms with van der Waals surface area (Å²) in [6.07, 6.45) is 2.55. The van der Waals surface area contributed by atoms with Gasteiger partial charge in [-0.15, -0.1) is 0 Å². The monoisotopic (exact) mass is 395 g/mol. The molecule has 2 rings (SSSR count). The molecule has 0 saturated carbocycles. The topological polar surface area (TPSA) is 64.6 Å². The predicted octanol–water partition coefficient (Wildman–Crippen LogP) is 5.33. The summed E-state index contributed by atoms with van der Waals surface area (Å²) in [5.74, 6) is 1.12. The summed E-state index contributed by atoms with van der Waals surface area (Å²) in [6.45, 7) is 8.36. The number of hydrogen-bond acceptors (Lipinski definition) is 4. The Balaban J connectivity index is 2.17. The molecule has 29 heavy (non-hydrogen) atoms. The van der Waals surface area contributed by atoms with E-state index in [1.165, 1.54) is 31.9 Å². The molecule has 0 unspecified atom stereocenters. The molecule has 5 heteroatoms. The quantitative estimate of drug-likeness (QED) is 0.485. The number of allylic oxidation sites excluding steroid dienone is 1. The highest BCUT2D eigenvalue weighted by molar-refractivity contribution is 6.10. The smallest absolute Gasteiger partial charge is 0.248 e. The predicted molar refractivity (Wildman–Crippen MR) is 116 cm³/mol. The lowest BCUT2D eigenvalue weighted by Crippen LogP contribution is -2.10. The third kappa shape index (κ3) is 5.95. The minimum absolute atomic E-state index is 0.192. The van der Waals surface area contributed by atoms with Gasteiger partial charge in [0.25, 0.3) is 0 Å². The molecule has 0 aliphatic rings. The number of hydrogen-bond donors (Lipinski definition) is 1. The SMILES string of the molecule is COc1cc(NC(=O)/C=C/C(=O)c2ccc(C(C)C)cc2C(C)C)cc(OC)c1. The van der Waals surface area contributed by atoms with E-state index < -0.39 is 5.91 Å². The van der Waals surface area contributed by atoms with E-state index >= 15 is 0 Å². The molecule has 0 heterocycles. The molecule has 1 amide bonds. The van der Waals surface area contributed by atoms with Crippen molar-refractivity contribution >= 4 is 17.4 Å². The molecule has 0 fully saturated rings. The van der Waals surface area contributed by atoms with Crippen LogP contribution in [0.5, 0.6) is 11.5 Å². The second-order valence-electron chi connectivity index (χ2n) is 7.44. The molecule has 0 bridgehead atoms. The van der Waals surface area contributed by atoms with Gasteiger partial charge in [0, 0.05) is 35.5 Å². The number of rotatable bonds is 8. The third-order valence-electron chi connectivity index (χ3n) is 4.63. The highest BCUT2D eigenvalue weighted by Crippen LogP contribution is 2.27. The van der Waals surface area contributed by atoms with Gasteiger partial charge in [0.1, 0.15) is 11.5 Å². The van der Waals surface area contributed by atoms with Crippen molar-refractivity contribution in [3.05, 3.63) is 65.2 Å². The minimum Gasteiger partial charge on any atom is -0.497 e. The molecule has 0 aromatic heterocycles. The van der Waals surface area contributed by atoms with Gasteiger partial charge in [-0.2, -0.15) is 0 Å². The first-order valence-electron chi connectivity index (χ1n) is 9.65. The summed E-state index contributed by atoms with van der Waals surface area (Å²) >= 11 is 0. The van der Waals surface area contributed by atoms with Crippen LogP contribution in [-0.4, -0.2) is 25.9 Å². The van der Waals surface area contributed by atoms with Crippen molar-refractivity contribution in [1.29, 1.82) is 0 Å². The number of anilines is 1. The number of ketones is 1. The summed E-state index contributed by atoms with van der Waals surface area (Å²) in [5, 5.41) is 2.72. The van der Waals surface area contributed by atoms with Crippen LogP contribution < -0.4 is 14.8 Å². The Labute approximate surface area is 172 Å². The van der Waals surface area contributed by atoms with Crippen molar-refractivity contribution in [2.75, 3.05) is 19.5 Å². The number of carbonyl (C=O) groups is 2. The van der Waals surface area contributed by atoms with E-state index in [4.69, 9.17) is 9.47 Å². The maximum absolute atomic E-state index is 12.7. The molecule has 0 aliphatic heterocycles. The van der Waals surface area contributed by atoms with Crippen LogP contribution in [0.15, 0.2) is 48.6 Å². The molecule has 5 nitrogen and oxygen atoms in total. The Kier molecular flexibility index (Phi) is 7.59. The Bertz CT molecular complexity index is 891. The fourth-order valence-electron chi connectivity index (χ4n) is 2.95. The standard InChI is InChI=1S/C24H29NO4/c1-15(2)17-7-8-21(22(11-17)16(3)4)23(26)9-10-24(27)25-18-12-19(28-5)14-20(13-18)29-6/h7-16H,1-6H3,(H,25,27)/b10-9+. The second kappa shape index (κ2) is 9.92. The van der Waals surface area contributed by atoms with E-state index in [2.05, 4.69) is 39.1 Å². The average Bonchev–Trinajstić information content (AvgIpc) is 2.70. The van der Waals surface area contributed by atoms with Crippen LogP contribution >= 0.6 is 0 Å². The Morgan fingerprint density at radius 3 is 2.00 bits per heavy atom. The van der Waals surface area contributed by atoms with Gasteiger partial charge < -0.3 is 14.8 Å². The Hall–Kier alpha value is -3.08. The van der Waals surface area contributed by atoms with Crippen LogP contribution in [0.3, 0.4) is 0 Å². The van der Waals surface area contributed by atoms with Gasteiger partial charge in [-0.25, -0.2) is 0 Å². The average molecular weight is 395 g/mol. The Morgan fingerprint density at radius 1 is 0.862 bits per heavy atom. The number of amides is 1. The van der Waals surface area contributed by atoms with Crippen molar-refractivity contribution < 1.29 is 19.1 Å². The normalized spacial score (nSPS) is 11.2. The fraction of sp³-hybridized carbons (Fsp3) is 0.333. The number of ether oxygens (including phenoxy) is 2. The van der Waals surface area contributed by atoms with Crippen molar-refractivity contribution in [2.24, 2.45) is 0 Å². The van der Waals surface area contributed by atoms with Crippen LogP contribution in [-0.2, 0) is 4.79 Å². The lowest BCUT2D eigenvalue weighted by Gasteiger charge is -2.14. The van der Waals surface area contributed by atoms with Gasteiger partial charge in [-0.1, -0.05) is 45.9 Å². The highest BCUT2D eigenvalue weighted by atomic mass is 16.5. The van der Waals surface area contributed by atoms with Crippen molar-refractivity contribution in [3.8, 4) is 11.5 Å². The molecular formula is C24H29NO4. The van der Waals surface area contributed by atoms with Gasteiger partial charge in [0.2, 0.25) is 5.91 Å². The zero-order valence-electron chi connectivity index (χ0n) is 17.9. The molecule has 0 atom stereocenters. The Morgan fingerprint density at radius 2 is 1.48 bits per heavy atom. The van der Waals surface area contributed by atoms with Crippen molar-refractivity contribution in [3.63, 3.8) is 0 Å². The number of carbonyl (C=O) groups excluding carboxylic acids is 2. The molecule has 2 aromatic rings. The summed E-state index contributed by atoms with van der Waals surface area (Å²) < 4.78 is 10.4. The second-order valence-corrected chi connectivity index (χ2v) is 7.44. The maximum Gasteiger partial charge on any atom is 0.248 e. The van der Waals surface area contributed by atoms with Crippen LogP contribution in [0.1, 0.15) is 61.0 Å². The highest BCUT2D eigenvalue weighted by Gasteiger charge is 2.14. The first-order chi connectivity index (χ1) is 13.7. The van der Waals surface area contributed by atoms with E-state index in [-0.39, 0.29) is 11.7 Å². The molecule has 154 valence electrons.